The van der Waals surface area contributed by atoms with Crippen molar-refractivity contribution in [3.05, 3.63) is 42.0 Å². The van der Waals surface area contributed by atoms with Gasteiger partial charge in [-0.05, 0) is 37.6 Å². The number of nitrogens with one attached hydrogen (secondary N) is 1. The molecule has 0 radical (unpaired) electrons. The third-order valence-corrected chi connectivity index (χ3v) is 2.78. The highest BCUT2D eigenvalue weighted by Crippen LogP contribution is 2.08. The average Bonchev–Trinajstić information content (AvgIpc) is 2.39. The molecule has 3 nitrogen and oxygen atoms in total. The van der Waals surface area contributed by atoms with E-state index in [1.54, 1.807) is 6.08 Å². The zero-order chi connectivity index (χ0) is 11.9. The molecule has 90 valence electrons. The molecule has 1 aromatic carbocycles. The lowest BCUT2D eigenvalue weighted by molar-refractivity contribution is -0.143. The van der Waals surface area contributed by atoms with Crippen molar-refractivity contribution in [2.45, 2.75) is 18.9 Å². The molecule has 3 heteroatoms. The normalized spacial score (nSPS) is 17.2. The predicted molar refractivity (Wildman–Crippen MR) is 67.5 cm³/mol. The first-order valence-electron chi connectivity index (χ1n) is 5.99. The van der Waals surface area contributed by atoms with Gasteiger partial charge in [-0.25, -0.2) is 4.79 Å². The molecular formula is C14H17NO2. The number of carbonyl (C=O) groups excluding carboxylic acids is 1. The Labute approximate surface area is 101 Å². The highest BCUT2D eigenvalue weighted by molar-refractivity contribution is 5.87. The average molecular weight is 231 g/mol. The molecule has 0 atom stereocenters. The van der Waals surface area contributed by atoms with Crippen LogP contribution in [0.1, 0.15) is 18.4 Å². The largest absolute Gasteiger partial charge is 0.459 e. The predicted octanol–water partition coefficient (Wildman–Crippen LogP) is 1.99. The van der Waals surface area contributed by atoms with Gasteiger partial charge in [-0.3, -0.25) is 0 Å². The van der Waals surface area contributed by atoms with E-state index in [-0.39, 0.29) is 12.1 Å². The molecule has 1 heterocycles. The third kappa shape index (κ3) is 4.04. The lowest BCUT2D eigenvalue weighted by Gasteiger charge is -2.21. The second kappa shape index (κ2) is 6.21. The van der Waals surface area contributed by atoms with Crippen molar-refractivity contribution in [1.82, 2.24) is 5.32 Å². The van der Waals surface area contributed by atoms with Crippen LogP contribution in [0.25, 0.3) is 6.08 Å². The molecule has 1 N–H and O–H groups in total. The van der Waals surface area contributed by atoms with Gasteiger partial charge in [-0.1, -0.05) is 30.3 Å². The van der Waals surface area contributed by atoms with Crippen LogP contribution in [-0.2, 0) is 9.53 Å². The zero-order valence-corrected chi connectivity index (χ0v) is 9.76. The molecule has 0 unspecified atom stereocenters. The van der Waals surface area contributed by atoms with E-state index in [0.717, 1.165) is 31.5 Å². The zero-order valence-electron chi connectivity index (χ0n) is 9.76. The van der Waals surface area contributed by atoms with Crippen molar-refractivity contribution in [2.75, 3.05) is 13.1 Å². The lowest BCUT2D eigenvalue weighted by atomic mass is 10.1. The lowest BCUT2D eigenvalue weighted by Crippen LogP contribution is -2.33. The standard InChI is InChI=1S/C14H17NO2/c16-14(17-13-8-10-15-11-9-13)7-6-12-4-2-1-3-5-12/h1-7,13,15H,8-11H2. The molecule has 1 aromatic rings. The van der Waals surface area contributed by atoms with Crippen LogP contribution in [0.3, 0.4) is 0 Å². The first-order valence-corrected chi connectivity index (χ1v) is 5.99. The van der Waals surface area contributed by atoms with E-state index in [0.29, 0.717) is 0 Å². The maximum Gasteiger partial charge on any atom is 0.331 e. The molecule has 0 saturated carbocycles. The van der Waals surface area contributed by atoms with Crippen molar-refractivity contribution in [3.63, 3.8) is 0 Å². The van der Waals surface area contributed by atoms with Crippen LogP contribution < -0.4 is 5.32 Å². The van der Waals surface area contributed by atoms with Gasteiger partial charge < -0.3 is 10.1 Å². The highest BCUT2D eigenvalue weighted by atomic mass is 16.5. The Morgan fingerprint density at radius 1 is 1.24 bits per heavy atom. The third-order valence-electron chi connectivity index (χ3n) is 2.78. The number of rotatable bonds is 3. The summed E-state index contributed by atoms with van der Waals surface area (Å²) in [5.41, 5.74) is 1.01. The maximum absolute atomic E-state index is 11.6. The maximum atomic E-state index is 11.6. The van der Waals surface area contributed by atoms with Crippen LogP contribution in [0, 0.1) is 0 Å². The fourth-order valence-corrected chi connectivity index (χ4v) is 1.85. The fraction of sp³-hybridized carbons (Fsp3) is 0.357. The molecule has 1 fully saturated rings. The number of ether oxygens (including phenoxy) is 1. The van der Waals surface area contributed by atoms with Crippen molar-refractivity contribution in [3.8, 4) is 0 Å². The van der Waals surface area contributed by atoms with Gasteiger partial charge in [0.2, 0.25) is 0 Å². The minimum absolute atomic E-state index is 0.0733. The van der Waals surface area contributed by atoms with Crippen molar-refractivity contribution >= 4 is 12.0 Å². The minimum atomic E-state index is -0.249. The Morgan fingerprint density at radius 3 is 2.65 bits per heavy atom. The van der Waals surface area contributed by atoms with Crippen LogP contribution in [-0.4, -0.2) is 25.2 Å². The molecule has 0 amide bonds. The van der Waals surface area contributed by atoms with Gasteiger partial charge >= 0.3 is 5.97 Å². The summed E-state index contributed by atoms with van der Waals surface area (Å²) in [6.07, 6.45) is 5.17. The summed E-state index contributed by atoms with van der Waals surface area (Å²) in [7, 11) is 0. The number of piperidine rings is 1. The van der Waals surface area contributed by atoms with Gasteiger partial charge in [0.15, 0.2) is 0 Å². The number of hydrogen-bond acceptors (Lipinski definition) is 3. The number of hydrogen-bond donors (Lipinski definition) is 1. The number of carbonyl (C=O) groups is 1. The SMILES string of the molecule is O=C(C=Cc1ccccc1)OC1CCNCC1. The molecule has 0 spiro atoms. The van der Waals surface area contributed by atoms with E-state index in [1.807, 2.05) is 30.3 Å². The van der Waals surface area contributed by atoms with Crippen molar-refractivity contribution < 1.29 is 9.53 Å². The minimum Gasteiger partial charge on any atom is -0.459 e. The van der Waals surface area contributed by atoms with Gasteiger partial charge in [-0.15, -0.1) is 0 Å². The summed E-state index contributed by atoms with van der Waals surface area (Å²) in [5, 5.41) is 3.24. The molecule has 17 heavy (non-hydrogen) atoms. The van der Waals surface area contributed by atoms with Crippen LogP contribution in [0.2, 0.25) is 0 Å². The summed E-state index contributed by atoms with van der Waals surface area (Å²) >= 11 is 0. The van der Waals surface area contributed by atoms with E-state index in [1.165, 1.54) is 6.08 Å². The quantitative estimate of drug-likeness (QED) is 0.638. The summed E-state index contributed by atoms with van der Waals surface area (Å²) < 4.78 is 5.35. The molecule has 2 rings (SSSR count). The van der Waals surface area contributed by atoms with Crippen LogP contribution in [0.4, 0.5) is 0 Å². The summed E-state index contributed by atoms with van der Waals surface area (Å²) in [5.74, 6) is -0.249. The second-order valence-electron chi connectivity index (χ2n) is 4.13. The van der Waals surface area contributed by atoms with Crippen molar-refractivity contribution in [1.29, 1.82) is 0 Å². The smallest absolute Gasteiger partial charge is 0.331 e. The Balaban J connectivity index is 1.82. The van der Waals surface area contributed by atoms with E-state index in [4.69, 9.17) is 4.74 Å². The molecule has 0 bridgehead atoms. The van der Waals surface area contributed by atoms with E-state index >= 15 is 0 Å². The van der Waals surface area contributed by atoms with Gasteiger partial charge in [0.1, 0.15) is 6.10 Å². The second-order valence-corrected chi connectivity index (χ2v) is 4.13. The van der Waals surface area contributed by atoms with Gasteiger partial charge in [0.25, 0.3) is 0 Å². The first kappa shape index (κ1) is 11.9. The molecule has 1 aliphatic rings. The molecular weight excluding hydrogens is 214 g/mol. The Kier molecular flexibility index (Phi) is 4.33. The Morgan fingerprint density at radius 2 is 1.94 bits per heavy atom. The van der Waals surface area contributed by atoms with E-state index < -0.39 is 0 Å². The van der Waals surface area contributed by atoms with Crippen LogP contribution in [0.5, 0.6) is 0 Å². The molecule has 1 saturated heterocycles. The summed E-state index contributed by atoms with van der Waals surface area (Å²) in [6, 6.07) is 9.74. The van der Waals surface area contributed by atoms with E-state index in [9.17, 15) is 4.79 Å². The molecule has 0 aromatic heterocycles. The number of benzene rings is 1. The summed E-state index contributed by atoms with van der Waals surface area (Å²) in [6.45, 7) is 1.86. The first-order chi connectivity index (χ1) is 8.34. The Bertz CT molecular complexity index is 380. The monoisotopic (exact) mass is 231 g/mol. The van der Waals surface area contributed by atoms with Gasteiger partial charge in [0, 0.05) is 6.08 Å². The van der Waals surface area contributed by atoms with Crippen LogP contribution in [0.15, 0.2) is 36.4 Å². The van der Waals surface area contributed by atoms with Gasteiger partial charge in [0.05, 0.1) is 0 Å². The highest BCUT2D eigenvalue weighted by Gasteiger charge is 2.15. The molecule has 0 aliphatic carbocycles. The Hall–Kier alpha value is -1.61. The summed E-state index contributed by atoms with van der Waals surface area (Å²) in [4.78, 5) is 11.6. The fourth-order valence-electron chi connectivity index (χ4n) is 1.85. The topological polar surface area (TPSA) is 38.3 Å². The van der Waals surface area contributed by atoms with Crippen LogP contribution >= 0.6 is 0 Å². The number of esters is 1. The van der Waals surface area contributed by atoms with Crippen molar-refractivity contribution in [2.24, 2.45) is 0 Å². The van der Waals surface area contributed by atoms with Gasteiger partial charge in [-0.2, -0.15) is 0 Å². The molecule has 1 aliphatic heterocycles. The van der Waals surface area contributed by atoms with E-state index in [2.05, 4.69) is 5.32 Å².